The standard InChI is InChI=1S/C16H12O5/c17-14(18)10-11-6-8-13(9-7-11)16(20)21-15(19)12-4-2-1-3-5-12/h1-9H,10H2,(H,17,18). The Balaban J connectivity index is 2.03. The lowest BCUT2D eigenvalue weighted by Crippen LogP contribution is -2.12. The minimum absolute atomic E-state index is 0.127. The van der Waals surface area contributed by atoms with Crippen molar-refractivity contribution in [3.05, 3.63) is 71.3 Å². The Morgan fingerprint density at radius 3 is 1.86 bits per heavy atom. The van der Waals surface area contributed by atoms with E-state index in [1.165, 1.54) is 24.3 Å². The fraction of sp³-hybridized carbons (Fsp3) is 0.0625. The number of carboxylic acid groups (broad SMARTS) is 1. The number of carboxylic acids is 1. The maximum atomic E-state index is 11.8. The Bertz CT molecular complexity index is 659. The molecule has 0 saturated heterocycles. The Morgan fingerprint density at radius 1 is 0.810 bits per heavy atom. The van der Waals surface area contributed by atoms with Gasteiger partial charge in [-0.15, -0.1) is 0 Å². The Hall–Kier alpha value is -2.95. The molecule has 0 unspecified atom stereocenters. The third kappa shape index (κ3) is 4.01. The van der Waals surface area contributed by atoms with Crippen LogP contribution in [0.3, 0.4) is 0 Å². The van der Waals surface area contributed by atoms with Gasteiger partial charge in [0.15, 0.2) is 0 Å². The van der Waals surface area contributed by atoms with Crippen LogP contribution in [0.2, 0.25) is 0 Å². The van der Waals surface area contributed by atoms with E-state index in [2.05, 4.69) is 0 Å². The number of hydrogen-bond acceptors (Lipinski definition) is 4. The summed E-state index contributed by atoms with van der Waals surface area (Å²) in [5, 5.41) is 8.65. The van der Waals surface area contributed by atoms with Gasteiger partial charge >= 0.3 is 17.9 Å². The van der Waals surface area contributed by atoms with E-state index in [1.807, 2.05) is 0 Å². The zero-order valence-electron chi connectivity index (χ0n) is 11.0. The van der Waals surface area contributed by atoms with Crippen molar-refractivity contribution in [1.29, 1.82) is 0 Å². The molecule has 0 fully saturated rings. The fourth-order valence-corrected chi connectivity index (χ4v) is 1.71. The zero-order valence-corrected chi connectivity index (χ0v) is 11.0. The predicted molar refractivity (Wildman–Crippen MR) is 74.0 cm³/mol. The molecule has 0 atom stereocenters. The molecule has 0 aliphatic heterocycles. The molecular weight excluding hydrogens is 272 g/mol. The number of ether oxygens (including phenoxy) is 1. The number of rotatable bonds is 4. The van der Waals surface area contributed by atoms with Gasteiger partial charge in [-0.25, -0.2) is 9.59 Å². The highest BCUT2D eigenvalue weighted by Gasteiger charge is 2.14. The summed E-state index contributed by atoms with van der Waals surface area (Å²) in [5.41, 5.74) is 1.04. The van der Waals surface area contributed by atoms with E-state index in [-0.39, 0.29) is 17.5 Å². The lowest BCUT2D eigenvalue weighted by molar-refractivity contribution is -0.136. The van der Waals surface area contributed by atoms with Gasteiger partial charge in [0.05, 0.1) is 17.5 Å². The van der Waals surface area contributed by atoms with Gasteiger partial charge in [0.1, 0.15) is 0 Å². The van der Waals surface area contributed by atoms with Gasteiger partial charge in [-0.3, -0.25) is 4.79 Å². The number of aliphatic carboxylic acids is 1. The second-order valence-corrected chi connectivity index (χ2v) is 4.31. The van der Waals surface area contributed by atoms with Crippen LogP contribution in [0.5, 0.6) is 0 Å². The number of carbonyl (C=O) groups is 3. The van der Waals surface area contributed by atoms with Crippen LogP contribution in [0, 0.1) is 0 Å². The van der Waals surface area contributed by atoms with E-state index in [0.29, 0.717) is 5.56 Å². The van der Waals surface area contributed by atoms with Gasteiger partial charge in [0.2, 0.25) is 0 Å². The van der Waals surface area contributed by atoms with Crippen LogP contribution in [0.25, 0.3) is 0 Å². The molecule has 0 amide bonds. The van der Waals surface area contributed by atoms with Crippen molar-refractivity contribution in [2.45, 2.75) is 6.42 Å². The molecule has 5 nitrogen and oxygen atoms in total. The highest BCUT2D eigenvalue weighted by Crippen LogP contribution is 2.09. The van der Waals surface area contributed by atoms with Gasteiger partial charge in [0, 0.05) is 0 Å². The van der Waals surface area contributed by atoms with E-state index in [1.54, 1.807) is 30.3 Å². The first-order valence-electron chi connectivity index (χ1n) is 6.18. The molecule has 0 aromatic heterocycles. The summed E-state index contributed by atoms with van der Waals surface area (Å²) in [5.74, 6) is -2.45. The summed E-state index contributed by atoms with van der Waals surface area (Å²) >= 11 is 0. The largest absolute Gasteiger partial charge is 0.481 e. The second-order valence-electron chi connectivity index (χ2n) is 4.31. The molecule has 0 radical (unpaired) electrons. The smallest absolute Gasteiger partial charge is 0.346 e. The van der Waals surface area contributed by atoms with Crippen LogP contribution < -0.4 is 0 Å². The normalized spacial score (nSPS) is 9.90. The molecule has 21 heavy (non-hydrogen) atoms. The molecule has 5 heteroatoms. The van der Waals surface area contributed by atoms with Crippen LogP contribution in [0.15, 0.2) is 54.6 Å². The van der Waals surface area contributed by atoms with Crippen LogP contribution in [-0.2, 0) is 16.0 Å². The van der Waals surface area contributed by atoms with Crippen molar-refractivity contribution in [2.24, 2.45) is 0 Å². The first-order chi connectivity index (χ1) is 10.1. The fourth-order valence-electron chi connectivity index (χ4n) is 1.71. The first-order valence-corrected chi connectivity index (χ1v) is 6.18. The van der Waals surface area contributed by atoms with Gasteiger partial charge in [-0.1, -0.05) is 30.3 Å². The summed E-state index contributed by atoms with van der Waals surface area (Å²) in [4.78, 5) is 34.1. The van der Waals surface area contributed by atoms with Gasteiger partial charge < -0.3 is 9.84 Å². The third-order valence-corrected chi connectivity index (χ3v) is 2.74. The zero-order chi connectivity index (χ0) is 15.2. The average Bonchev–Trinajstić information content (AvgIpc) is 2.48. The van der Waals surface area contributed by atoms with Crippen molar-refractivity contribution in [3.8, 4) is 0 Å². The maximum Gasteiger partial charge on any atom is 0.346 e. The topological polar surface area (TPSA) is 80.7 Å². The van der Waals surface area contributed by atoms with Gasteiger partial charge in [0.25, 0.3) is 0 Å². The lowest BCUT2D eigenvalue weighted by atomic mass is 10.1. The summed E-state index contributed by atoms with van der Waals surface area (Å²) in [6.45, 7) is 0. The average molecular weight is 284 g/mol. The molecule has 0 heterocycles. The maximum absolute atomic E-state index is 11.8. The van der Waals surface area contributed by atoms with E-state index in [4.69, 9.17) is 9.84 Å². The predicted octanol–water partition coefficient (Wildman–Crippen LogP) is 2.31. The molecular formula is C16H12O5. The number of carbonyl (C=O) groups excluding carboxylic acids is 2. The molecule has 0 saturated carbocycles. The van der Waals surface area contributed by atoms with Crippen molar-refractivity contribution in [3.63, 3.8) is 0 Å². The van der Waals surface area contributed by atoms with Crippen LogP contribution in [0.1, 0.15) is 26.3 Å². The molecule has 0 bridgehead atoms. The molecule has 2 aromatic rings. The van der Waals surface area contributed by atoms with E-state index in [0.717, 1.165) is 0 Å². The number of hydrogen-bond donors (Lipinski definition) is 1. The van der Waals surface area contributed by atoms with Gasteiger partial charge in [-0.05, 0) is 29.8 Å². The van der Waals surface area contributed by atoms with Crippen molar-refractivity contribution in [2.75, 3.05) is 0 Å². The SMILES string of the molecule is O=C(O)Cc1ccc(C(=O)OC(=O)c2ccccc2)cc1. The third-order valence-electron chi connectivity index (χ3n) is 2.74. The lowest BCUT2D eigenvalue weighted by Gasteiger charge is -2.04. The Morgan fingerprint density at radius 2 is 1.33 bits per heavy atom. The van der Waals surface area contributed by atoms with E-state index in [9.17, 15) is 14.4 Å². The Kier molecular flexibility index (Phi) is 4.46. The quantitative estimate of drug-likeness (QED) is 0.688. The highest BCUT2D eigenvalue weighted by molar-refractivity contribution is 6.02. The molecule has 0 aliphatic carbocycles. The molecule has 0 spiro atoms. The van der Waals surface area contributed by atoms with Crippen LogP contribution in [0.4, 0.5) is 0 Å². The summed E-state index contributed by atoms with van der Waals surface area (Å²) in [7, 11) is 0. The molecule has 0 aliphatic rings. The first kappa shape index (κ1) is 14.5. The summed E-state index contributed by atoms with van der Waals surface area (Å²) in [6, 6.07) is 14.1. The number of benzene rings is 2. The minimum atomic E-state index is -0.954. The highest BCUT2D eigenvalue weighted by atomic mass is 16.6. The molecule has 2 rings (SSSR count). The Labute approximate surface area is 120 Å². The van der Waals surface area contributed by atoms with Crippen molar-refractivity contribution >= 4 is 17.9 Å². The minimum Gasteiger partial charge on any atom is -0.481 e. The van der Waals surface area contributed by atoms with Gasteiger partial charge in [-0.2, -0.15) is 0 Å². The molecule has 1 N–H and O–H groups in total. The molecule has 2 aromatic carbocycles. The van der Waals surface area contributed by atoms with E-state index >= 15 is 0 Å². The van der Waals surface area contributed by atoms with Crippen LogP contribution in [-0.4, -0.2) is 23.0 Å². The van der Waals surface area contributed by atoms with Crippen LogP contribution >= 0.6 is 0 Å². The van der Waals surface area contributed by atoms with Crippen molar-refractivity contribution < 1.29 is 24.2 Å². The second kappa shape index (κ2) is 6.47. The van der Waals surface area contributed by atoms with E-state index < -0.39 is 17.9 Å². The monoisotopic (exact) mass is 284 g/mol. The summed E-state index contributed by atoms with van der Waals surface area (Å²) < 4.78 is 4.75. The summed E-state index contributed by atoms with van der Waals surface area (Å²) in [6.07, 6.45) is -0.127. The van der Waals surface area contributed by atoms with Crippen molar-refractivity contribution in [1.82, 2.24) is 0 Å². The number of esters is 2. The molecule has 106 valence electrons.